The number of rotatable bonds is 8. The van der Waals surface area contributed by atoms with Crippen LogP contribution in [0.25, 0.3) is 0 Å². The maximum atomic E-state index is 12.7. The van der Waals surface area contributed by atoms with Crippen molar-refractivity contribution in [3.63, 3.8) is 0 Å². The van der Waals surface area contributed by atoms with E-state index in [9.17, 15) is 13.2 Å². The molecule has 4 rings (SSSR count). The Morgan fingerprint density at radius 3 is 2.36 bits per heavy atom. The second-order valence-corrected chi connectivity index (χ2v) is 10.2. The summed E-state index contributed by atoms with van der Waals surface area (Å²) in [5.74, 6) is 0.790. The third kappa shape index (κ3) is 6.29. The second-order valence-electron chi connectivity index (χ2n) is 8.22. The first-order valence-electron chi connectivity index (χ1n) is 11.3. The number of anilines is 1. The number of pyridine rings is 1. The average Bonchev–Trinajstić information content (AvgIpc) is 2.86. The van der Waals surface area contributed by atoms with Crippen molar-refractivity contribution in [3.8, 4) is 0 Å². The number of benzene rings is 1. The van der Waals surface area contributed by atoms with E-state index in [0.717, 1.165) is 38.4 Å². The van der Waals surface area contributed by atoms with E-state index in [-0.39, 0.29) is 10.8 Å². The van der Waals surface area contributed by atoms with Gasteiger partial charge in [0.2, 0.25) is 15.9 Å². The Labute approximate surface area is 195 Å². The molecule has 2 aliphatic rings. The smallest absolute Gasteiger partial charge is 0.244 e. The summed E-state index contributed by atoms with van der Waals surface area (Å²) in [7, 11) is -3.54. The van der Waals surface area contributed by atoms with Crippen molar-refractivity contribution < 1.29 is 17.9 Å². The first-order valence-corrected chi connectivity index (χ1v) is 12.8. The molecule has 0 atom stereocenters. The van der Waals surface area contributed by atoms with E-state index in [1.165, 1.54) is 16.1 Å². The monoisotopic (exact) mass is 473 g/mol. The zero-order chi connectivity index (χ0) is 23.1. The van der Waals surface area contributed by atoms with E-state index >= 15 is 0 Å². The topological polar surface area (TPSA) is 95.1 Å². The molecule has 178 valence electrons. The molecule has 2 aromatic rings. The van der Waals surface area contributed by atoms with E-state index < -0.39 is 10.0 Å². The van der Waals surface area contributed by atoms with Gasteiger partial charge in [0.15, 0.2) is 0 Å². The molecule has 0 saturated carbocycles. The molecule has 1 aromatic heterocycles. The molecule has 9 nitrogen and oxygen atoms in total. The number of piperazine rings is 1. The van der Waals surface area contributed by atoms with Crippen LogP contribution in [0.3, 0.4) is 0 Å². The van der Waals surface area contributed by atoms with Crippen LogP contribution in [-0.4, -0.2) is 94.1 Å². The highest BCUT2D eigenvalue weighted by Crippen LogP contribution is 2.20. The molecule has 0 radical (unpaired) electrons. The van der Waals surface area contributed by atoms with Gasteiger partial charge in [-0.05, 0) is 24.1 Å². The molecule has 2 aliphatic heterocycles. The molecule has 10 heteroatoms. The molecule has 2 saturated heterocycles. The molecule has 0 aliphatic carbocycles. The number of nitrogens with one attached hydrogen (secondary N) is 1. The van der Waals surface area contributed by atoms with Gasteiger partial charge in [0.05, 0.1) is 19.8 Å². The minimum Gasteiger partial charge on any atom is -0.379 e. The normalized spacial score (nSPS) is 18.2. The Morgan fingerprint density at radius 1 is 0.970 bits per heavy atom. The zero-order valence-corrected chi connectivity index (χ0v) is 19.5. The number of aromatic nitrogens is 1. The Kier molecular flexibility index (Phi) is 7.92. The lowest BCUT2D eigenvalue weighted by molar-refractivity contribution is -0.122. The fraction of sp³-hybridized carbons (Fsp3) is 0.478. The highest BCUT2D eigenvalue weighted by molar-refractivity contribution is 7.89. The standard InChI is InChI=1S/C23H31N5O4S/c29-23(24-9-8-20-4-2-1-3-5-20)19-26-10-12-27(13-11-26)22-7-6-21(18-25-22)33(30,31)28-14-16-32-17-15-28/h1-7,18H,8-17,19H2,(H,24,29). The highest BCUT2D eigenvalue weighted by atomic mass is 32.2. The number of nitrogens with zero attached hydrogens (tertiary/aromatic N) is 4. The number of hydrogen-bond acceptors (Lipinski definition) is 7. The molecule has 0 unspecified atom stereocenters. The lowest BCUT2D eigenvalue weighted by Gasteiger charge is -2.35. The zero-order valence-electron chi connectivity index (χ0n) is 18.7. The summed E-state index contributed by atoms with van der Waals surface area (Å²) in [6, 6.07) is 13.5. The van der Waals surface area contributed by atoms with Crippen LogP contribution in [0.4, 0.5) is 5.82 Å². The molecule has 1 aromatic carbocycles. The third-order valence-electron chi connectivity index (χ3n) is 5.97. The van der Waals surface area contributed by atoms with Crippen molar-refractivity contribution in [1.82, 2.24) is 19.5 Å². The number of sulfonamides is 1. The van der Waals surface area contributed by atoms with Crippen molar-refractivity contribution >= 4 is 21.7 Å². The van der Waals surface area contributed by atoms with Gasteiger partial charge in [-0.1, -0.05) is 30.3 Å². The van der Waals surface area contributed by atoms with Crippen molar-refractivity contribution in [3.05, 3.63) is 54.2 Å². The van der Waals surface area contributed by atoms with Gasteiger partial charge in [0.1, 0.15) is 10.7 Å². The minimum absolute atomic E-state index is 0.0372. The quantitative estimate of drug-likeness (QED) is 0.599. The number of carbonyl (C=O) groups is 1. The van der Waals surface area contributed by atoms with E-state index in [2.05, 4.69) is 32.2 Å². The molecule has 0 bridgehead atoms. The second kappa shape index (κ2) is 11.1. The van der Waals surface area contributed by atoms with Gasteiger partial charge in [-0.2, -0.15) is 4.31 Å². The lowest BCUT2D eigenvalue weighted by Crippen LogP contribution is -2.49. The van der Waals surface area contributed by atoms with Gasteiger partial charge < -0.3 is 15.0 Å². The summed E-state index contributed by atoms with van der Waals surface area (Å²) in [6.07, 6.45) is 2.26. The van der Waals surface area contributed by atoms with Crippen molar-refractivity contribution in [2.45, 2.75) is 11.3 Å². The van der Waals surface area contributed by atoms with Crippen molar-refractivity contribution in [2.75, 3.05) is 70.5 Å². The Hall–Kier alpha value is -2.53. The molecular weight excluding hydrogens is 442 g/mol. The van der Waals surface area contributed by atoms with Gasteiger partial charge in [-0.3, -0.25) is 9.69 Å². The SMILES string of the molecule is O=C(CN1CCN(c2ccc(S(=O)(=O)N3CCOCC3)cn2)CC1)NCCc1ccccc1. The van der Waals surface area contributed by atoms with E-state index in [1.54, 1.807) is 12.1 Å². The predicted octanol–water partition coefficient (Wildman–Crippen LogP) is 0.583. The molecule has 0 spiro atoms. The average molecular weight is 474 g/mol. The minimum atomic E-state index is -3.54. The van der Waals surface area contributed by atoms with E-state index in [4.69, 9.17) is 4.74 Å². The number of ether oxygens (including phenoxy) is 1. The summed E-state index contributed by atoms with van der Waals surface area (Å²) in [4.78, 5) is 21.1. The van der Waals surface area contributed by atoms with Crippen LogP contribution in [0.15, 0.2) is 53.6 Å². The predicted molar refractivity (Wildman–Crippen MR) is 126 cm³/mol. The van der Waals surface area contributed by atoms with E-state index in [0.29, 0.717) is 39.4 Å². The number of carbonyl (C=O) groups excluding carboxylic acids is 1. The summed E-state index contributed by atoms with van der Waals surface area (Å²) in [6.45, 7) is 5.56. The molecule has 2 fully saturated rings. The summed E-state index contributed by atoms with van der Waals surface area (Å²) in [5, 5.41) is 2.99. The first-order chi connectivity index (χ1) is 16.0. The van der Waals surface area contributed by atoms with Gasteiger partial charge in [0, 0.05) is 52.0 Å². The van der Waals surface area contributed by atoms with Gasteiger partial charge in [-0.15, -0.1) is 0 Å². The largest absolute Gasteiger partial charge is 0.379 e. The van der Waals surface area contributed by atoms with Crippen LogP contribution in [0.2, 0.25) is 0 Å². The van der Waals surface area contributed by atoms with Crippen LogP contribution in [0.5, 0.6) is 0 Å². The molecule has 33 heavy (non-hydrogen) atoms. The first kappa shape index (κ1) is 23.6. The molecular formula is C23H31N5O4S. The molecule has 1 amide bonds. The summed E-state index contributed by atoms with van der Waals surface area (Å²) >= 11 is 0. The van der Waals surface area contributed by atoms with Gasteiger partial charge in [0.25, 0.3) is 0 Å². The summed E-state index contributed by atoms with van der Waals surface area (Å²) < 4.78 is 32.2. The summed E-state index contributed by atoms with van der Waals surface area (Å²) in [5.41, 5.74) is 1.21. The van der Waals surface area contributed by atoms with Crippen molar-refractivity contribution in [1.29, 1.82) is 0 Å². The maximum Gasteiger partial charge on any atom is 0.244 e. The highest BCUT2D eigenvalue weighted by Gasteiger charge is 2.27. The number of hydrogen-bond donors (Lipinski definition) is 1. The van der Waals surface area contributed by atoms with E-state index in [1.807, 2.05) is 18.2 Å². The molecule has 3 heterocycles. The Bertz CT molecular complexity index is 1000. The van der Waals surface area contributed by atoms with Crippen LogP contribution < -0.4 is 10.2 Å². The Morgan fingerprint density at radius 2 is 1.70 bits per heavy atom. The molecule has 1 N–H and O–H groups in total. The van der Waals surface area contributed by atoms with Gasteiger partial charge >= 0.3 is 0 Å². The van der Waals surface area contributed by atoms with Crippen LogP contribution >= 0.6 is 0 Å². The fourth-order valence-corrected chi connectivity index (χ4v) is 5.39. The maximum absolute atomic E-state index is 12.7. The van der Waals surface area contributed by atoms with Crippen LogP contribution in [0, 0.1) is 0 Å². The number of morpholine rings is 1. The third-order valence-corrected chi connectivity index (χ3v) is 7.85. The van der Waals surface area contributed by atoms with Gasteiger partial charge in [-0.25, -0.2) is 13.4 Å². The lowest BCUT2D eigenvalue weighted by atomic mass is 10.1. The Balaban J connectivity index is 1.22. The van der Waals surface area contributed by atoms with Crippen LogP contribution in [-0.2, 0) is 26.0 Å². The van der Waals surface area contributed by atoms with Crippen LogP contribution in [0.1, 0.15) is 5.56 Å². The fourth-order valence-electron chi connectivity index (χ4n) is 4.03. The number of amides is 1. The van der Waals surface area contributed by atoms with Crippen molar-refractivity contribution in [2.24, 2.45) is 0 Å².